The Morgan fingerprint density at radius 3 is 2.63 bits per heavy atom. The Morgan fingerprint density at radius 2 is 1.93 bits per heavy atom. The monoisotopic (exact) mass is 577 g/mol. The molecule has 2 fully saturated rings. The molecule has 2 amide bonds. The average molecular weight is 578 g/mol. The van der Waals surface area contributed by atoms with Crippen LogP contribution in [0.4, 0.5) is 11.6 Å². The molecular weight excluding hydrogens is 542 g/mol. The Kier molecular flexibility index (Phi) is 9.71. The van der Waals surface area contributed by atoms with E-state index >= 15 is 0 Å². The molecule has 0 atom stereocenters. The minimum Gasteiger partial charge on any atom is -0.383 e. The quantitative estimate of drug-likeness (QED) is 0.211. The average Bonchev–Trinajstić information content (AvgIpc) is 3.69. The largest absolute Gasteiger partial charge is 0.383 e. The van der Waals surface area contributed by atoms with E-state index in [1.807, 2.05) is 24.3 Å². The number of carbonyl (C=O) groups excluding carboxylic acids is 2. The molecule has 5 N–H and O–H groups in total. The van der Waals surface area contributed by atoms with E-state index in [1.54, 1.807) is 24.4 Å². The number of nitrogens with two attached hydrogens (primary N) is 1. The van der Waals surface area contributed by atoms with Crippen molar-refractivity contribution in [1.29, 1.82) is 5.26 Å². The SMILES string of the molecule is N#Cc1ccnc(NC(=O)c2ccc(-c3[nH]nc4c(/C=C/CCN5CCC5)cnc(N)c34)cc2)c1.O=CNC1CCCC1. The van der Waals surface area contributed by atoms with Crippen molar-refractivity contribution in [2.45, 2.75) is 44.6 Å². The molecule has 4 heterocycles. The van der Waals surface area contributed by atoms with Gasteiger partial charge in [0.25, 0.3) is 5.91 Å². The first-order valence-corrected chi connectivity index (χ1v) is 14.5. The molecule has 1 saturated carbocycles. The Hall–Kier alpha value is -5.08. The number of nitriles is 1. The lowest BCUT2D eigenvalue weighted by Gasteiger charge is -2.30. The summed E-state index contributed by atoms with van der Waals surface area (Å²) in [4.78, 5) is 33.4. The second kappa shape index (κ2) is 14.2. The number of amides is 2. The van der Waals surface area contributed by atoms with Gasteiger partial charge in [0.15, 0.2) is 0 Å². The van der Waals surface area contributed by atoms with E-state index in [0.29, 0.717) is 28.8 Å². The molecule has 11 nitrogen and oxygen atoms in total. The number of rotatable bonds is 9. The van der Waals surface area contributed by atoms with E-state index in [0.717, 1.165) is 47.1 Å². The van der Waals surface area contributed by atoms with Gasteiger partial charge in [0.1, 0.15) is 17.2 Å². The van der Waals surface area contributed by atoms with Gasteiger partial charge in [-0.2, -0.15) is 10.4 Å². The van der Waals surface area contributed by atoms with Gasteiger partial charge in [-0.1, -0.05) is 37.1 Å². The molecule has 6 rings (SSSR count). The molecule has 43 heavy (non-hydrogen) atoms. The first-order chi connectivity index (χ1) is 21.1. The van der Waals surface area contributed by atoms with Gasteiger partial charge in [0, 0.05) is 41.7 Å². The lowest BCUT2D eigenvalue weighted by atomic mass is 10.0. The summed E-state index contributed by atoms with van der Waals surface area (Å²) in [6, 6.07) is 12.7. The molecule has 1 saturated heterocycles. The van der Waals surface area contributed by atoms with Gasteiger partial charge < -0.3 is 21.3 Å². The second-order valence-corrected chi connectivity index (χ2v) is 10.6. The summed E-state index contributed by atoms with van der Waals surface area (Å²) in [5.41, 5.74) is 10.3. The number of aromatic nitrogens is 4. The van der Waals surface area contributed by atoms with Gasteiger partial charge in [0.2, 0.25) is 6.41 Å². The maximum atomic E-state index is 12.6. The third kappa shape index (κ3) is 7.42. The Labute approximate surface area is 250 Å². The summed E-state index contributed by atoms with van der Waals surface area (Å²) in [5.74, 6) is 0.397. The van der Waals surface area contributed by atoms with Crippen LogP contribution in [0.1, 0.15) is 60.0 Å². The third-order valence-electron chi connectivity index (χ3n) is 7.72. The van der Waals surface area contributed by atoms with Crippen LogP contribution in [-0.4, -0.2) is 63.1 Å². The summed E-state index contributed by atoms with van der Waals surface area (Å²) in [7, 11) is 0. The van der Waals surface area contributed by atoms with Crippen molar-refractivity contribution < 1.29 is 9.59 Å². The van der Waals surface area contributed by atoms with E-state index in [-0.39, 0.29) is 5.91 Å². The molecule has 220 valence electrons. The number of aromatic amines is 1. The van der Waals surface area contributed by atoms with E-state index in [4.69, 9.17) is 11.0 Å². The zero-order valence-corrected chi connectivity index (χ0v) is 23.9. The van der Waals surface area contributed by atoms with Crippen molar-refractivity contribution in [3.05, 3.63) is 71.6 Å². The van der Waals surface area contributed by atoms with Crippen molar-refractivity contribution in [2.24, 2.45) is 0 Å². The number of H-pyrrole nitrogens is 1. The summed E-state index contributed by atoms with van der Waals surface area (Å²) in [6.45, 7) is 3.44. The van der Waals surface area contributed by atoms with E-state index < -0.39 is 0 Å². The fraction of sp³-hybridized carbons (Fsp3) is 0.312. The molecule has 0 spiro atoms. The maximum absolute atomic E-state index is 12.6. The summed E-state index contributed by atoms with van der Waals surface area (Å²) in [5, 5.41) is 22.8. The van der Waals surface area contributed by atoms with Crippen molar-refractivity contribution in [1.82, 2.24) is 30.4 Å². The normalized spacial score (nSPS) is 15.0. The maximum Gasteiger partial charge on any atom is 0.256 e. The third-order valence-corrected chi connectivity index (χ3v) is 7.72. The van der Waals surface area contributed by atoms with Crippen molar-refractivity contribution >= 4 is 40.9 Å². The van der Waals surface area contributed by atoms with Crippen LogP contribution in [0.3, 0.4) is 0 Å². The molecule has 4 aromatic rings. The van der Waals surface area contributed by atoms with Crippen molar-refractivity contribution in [2.75, 3.05) is 30.7 Å². The summed E-state index contributed by atoms with van der Waals surface area (Å²) in [6.07, 6.45) is 15.4. The van der Waals surface area contributed by atoms with Gasteiger partial charge >= 0.3 is 0 Å². The summed E-state index contributed by atoms with van der Waals surface area (Å²) >= 11 is 0. The van der Waals surface area contributed by atoms with Crippen LogP contribution in [-0.2, 0) is 4.79 Å². The molecule has 0 unspecified atom stereocenters. The lowest BCUT2D eigenvalue weighted by molar-refractivity contribution is -0.110. The number of anilines is 2. The predicted molar refractivity (Wildman–Crippen MR) is 167 cm³/mol. The molecular formula is C32H35N9O2. The zero-order valence-electron chi connectivity index (χ0n) is 23.9. The predicted octanol–water partition coefficient (Wildman–Crippen LogP) is 4.51. The molecule has 0 bridgehead atoms. The topological polar surface area (TPSA) is 166 Å². The Morgan fingerprint density at radius 1 is 1.14 bits per heavy atom. The highest BCUT2D eigenvalue weighted by Gasteiger charge is 2.16. The number of nitrogens with zero attached hydrogens (tertiary/aromatic N) is 5. The molecule has 2 aliphatic rings. The fourth-order valence-corrected chi connectivity index (χ4v) is 5.20. The van der Waals surface area contributed by atoms with E-state index in [9.17, 15) is 9.59 Å². The van der Waals surface area contributed by atoms with E-state index in [2.05, 4.69) is 41.8 Å². The zero-order chi connectivity index (χ0) is 30.0. The van der Waals surface area contributed by atoms with E-state index in [1.165, 1.54) is 57.5 Å². The highest BCUT2D eigenvalue weighted by molar-refractivity contribution is 6.05. The van der Waals surface area contributed by atoms with Crippen LogP contribution in [0.2, 0.25) is 0 Å². The van der Waals surface area contributed by atoms with Gasteiger partial charge in [0.05, 0.1) is 22.7 Å². The number of hydrogen-bond acceptors (Lipinski definition) is 8. The minimum atomic E-state index is -0.319. The number of benzene rings is 1. The molecule has 1 aliphatic carbocycles. The van der Waals surface area contributed by atoms with Crippen LogP contribution in [0.15, 0.2) is 54.9 Å². The van der Waals surface area contributed by atoms with Crippen LogP contribution in [0, 0.1) is 11.3 Å². The first-order valence-electron chi connectivity index (χ1n) is 14.5. The standard InChI is InChI=1S/C26H24N8O.C6H11NO/c27-15-17-9-10-29-21(14-17)31-26(35)19-7-5-18(6-8-19)23-22-24(33-32-23)20(16-30-25(22)28)4-1-2-11-34-12-3-13-34;8-5-7-6-3-1-2-4-6/h1,4-10,14,16H,2-3,11-13H2,(H2,28,30)(H,32,33)(H,29,31,35);5-6H,1-4H2,(H,7,8)/b4-1+;. The highest BCUT2D eigenvalue weighted by atomic mass is 16.1. The Bertz CT molecular complexity index is 1630. The molecule has 1 aromatic carbocycles. The first kappa shape index (κ1) is 29.4. The Balaban J connectivity index is 0.000000400. The number of pyridine rings is 2. The molecule has 0 radical (unpaired) electrons. The van der Waals surface area contributed by atoms with Crippen LogP contribution in [0.5, 0.6) is 0 Å². The number of hydrogen-bond donors (Lipinski definition) is 4. The van der Waals surface area contributed by atoms with Gasteiger partial charge in [-0.15, -0.1) is 0 Å². The lowest BCUT2D eigenvalue weighted by Crippen LogP contribution is -2.37. The highest BCUT2D eigenvalue weighted by Crippen LogP contribution is 2.32. The number of fused-ring (bicyclic) bond motifs is 1. The van der Waals surface area contributed by atoms with Gasteiger partial charge in [-0.25, -0.2) is 9.97 Å². The van der Waals surface area contributed by atoms with Crippen molar-refractivity contribution in [3.63, 3.8) is 0 Å². The number of carbonyl (C=O) groups is 2. The van der Waals surface area contributed by atoms with Crippen molar-refractivity contribution in [3.8, 4) is 17.3 Å². The molecule has 11 heteroatoms. The van der Waals surface area contributed by atoms with Crippen LogP contribution >= 0.6 is 0 Å². The summed E-state index contributed by atoms with van der Waals surface area (Å²) < 4.78 is 0. The molecule has 1 aliphatic heterocycles. The number of nitrogens with one attached hydrogen (secondary N) is 3. The minimum absolute atomic E-state index is 0.319. The number of nitrogen functional groups attached to an aromatic ring is 1. The second-order valence-electron chi connectivity index (χ2n) is 10.6. The molecule has 3 aromatic heterocycles. The van der Waals surface area contributed by atoms with Gasteiger partial charge in [-0.3, -0.25) is 14.7 Å². The van der Waals surface area contributed by atoms with Crippen LogP contribution in [0.25, 0.3) is 28.2 Å². The number of likely N-dealkylation sites (tertiary alicyclic amines) is 1. The smallest absolute Gasteiger partial charge is 0.256 e. The van der Waals surface area contributed by atoms with Gasteiger partial charge in [-0.05, 0) is 63.0 Å². The van der Waals surface area contributed by atoms with Crippen LogP contribution < -0.4 is 16.4 Å². The fourth-order valence-electron chi connectivity index (χ4n) is 5.20.